The number of nitrogens with zero attached hydrogens (tertiary/aromatic N) is 1. The number of ether oxygens (including phenoxy) is 1. The quantitative estimate of drug-likeness (QED) is 0.648. The van der Waals surface area contributed by atoms with Crippen LogP contribution in [0.5, 0.6) is 0 Å². The summed E-state index contributed by atoms with van der Waals surface area (Å²) in [4.78, 5) is 13.0. The molecular formula is C9H20N2O2. The first-order chi connectivity index (χ1) is 6.04. The number of carbonyl (C=O) groups is 1. The molecule has 4 heteroatoms. The number of likely N-dealkylation sites (N-methyl/N-ethyl adjacent to an activating group) is 1. The van der Waals surface area contributed by atoms with Gasteiger partial charge in [-0.15, -0.1) is 0 Å². The summed E-state index contributed by atoms with van der Waals surface area (Å²) in [5.74, 6) is -0.270. The molecule has 0 heterocycles. The van der Waals surface area contributed by atoms with Crippen molar-refractivity contribution >= 4 is 5.91 Å². The first-order valence-corrected chi connectivity index (χ1v) is 4.54. The average Bonchev–Trinajstić information content (AvgIpc) is 2.05. The van der Waals surface area contributed by atoms with Crippen LogP contribution in [-0.2, 0) is 9.53 Å². The molecule has 0 fully saturated rings. The Morgan fingerprint density at radius 2 is 2.15 bits per heavy atom. The number of rotatable bonds is 6. The largest absolute Gasteiger partial charge is 0.383 e. The second-order valence-electron chi connectivity index (χ2n) is 3.30. The third-order valence-corrected chi connectivity index (χ3v) is 2.31. The lowest BCUT2D eigenvalue weighted by atomic mass is 10.1. The minimum absolute atomic E-state index is 0.190. The number of carbonyl (C=O) groups excluding carboxylic acids is 1. The van der Waals surface area contributed by atoms with E-state index in [0.717, 1.165) is 6.42 Å². The van der Waals surface area contributed by atoms with Crippen LogP contribution in [0.4, 0.5) is 0 Å². The smallest absolute Gasteiger partial charge is 0.234 e. The molecule has 2 atom stereocenters. The van der Waals surface area contributed by atoms with Crippen LogP contribution in [0.25, 0.3) is 0 Å². The normalized spacial score (nSPS) is 15.8. The number of hydrogen-bond acceptors (Lipinski definition) is 3. The van der Waals surface area contributed by atoms with Crippen LogP contribution in [0.1, 0.15) is 20.3 Å². The number of amides is 1. The van der Waals surface area contributed by atoms with Crippen LogP contribution in [0.15, 0.2) is 0 Å². The lowest BCUT2D eigenvalue weighted by Crippen LogP contribution is -2.47. The highest BCUT2D eigenvalue weighted by atomic mass is 16.5. The molecule has 78 valence electrons. The maximum Gasteiger partial charge on any atom is 0.234 e. The summed E-state index contributed by atoms with van der Waals surface area (Å²) in [6.45, 7) is 4.57. The molecule has 0 aromatic heterocycles. The van der Waals surface area contributed by atoms with E-state index in [0.29, 0.717) is 6.61 Å². The Morgan fingerprint density at radius 3 is 2.46 bits per heavy atom. The molecule has 0 saturated heterocycles. The molecule has 2 unspecified atom stereocenters. The van der Waals surface area contributed by atoms with E-state index < -0.39 is 0 Å². The number of primary amides is 1. The van der Waals surface area contributed by atoms with Crippen molar-refractivity contribution in [3.05, 3.63) is 0 Å². The van der Waals surface area contributed by atoms with Gasteiger partial charge in [-0.05, 0) is 20.4 Å². The van der Waals surface area contributed by atoms with Gasteiger partial charge in [0, 0.05) is 13.2 Å². The van der Waals surface area contributed by atoms with Crippen LogP contribution < -0.4 is 5.73 Å². The van der Waals surface area contributed by atoms with Crippen molar-refractivity contribution in [2.75, 3.05) is 20.8 Å². The molecule has 0 radical (unpaired) electrons. The zero-order chi connectivity index (χ0) is 10.4. The molecule has 0 aromatic rings. The SMILES string of the molecule is CCC(C(N)=O)N(C)C(C)COC. The van der Waals surface area contributed by atoms with Crippen LogP contribution >= 0.6 is 0 Å². The van der Waals surface area contributed by atoms with Gasteiger partial charge in [-0.1, -0.05) is 6.92 Å². The Morgan fingerprint density at radius 1 is 1.62 bits per heavy atom. The molecule has 0 aliphatic heterocycles. The zero-order valence-electron chi connectivity index (χ0n) is 8.91. The molecule has 1 amide bonds. The maximum absolute atomic E-state index is 11.0. The molecule has 2 N–H and O–H groups in total. The molecule has 0 rings (SSSR count). The summed E-state index contributed by atoms with van der Waals surface area (Å²) in [6, 6.07) is 0.0209. The van der Waals surface area contributed by atoms with E-state index in [-0.39, 0.29) is 18.0 Å². The molecule has 0 aromatic carbocycles. The van der Waals surface area contributed by atoms with Gasteiger partial charge in [-0.3, -0.25) is 9.69 Å². The first-order valence-electron chi connectivity index (χ1n) is 4.54. The van der Waals surface area contributed by atoms with E-state index in [1.807, 2.05) is 25.8 Å². The lowest BCUT2D eigenvalue weighted by molar-refractivity contribution is -0.123. The van der Waals surface area contributed by atoms with Crippen molar-refractivity contribution in [2.45, 2.75) is 32.4 Å². The molecular weight excluding hydrogens is 168 g/mol. The molecule has 0 aliphatic carbocycles. The molecule has 0 spiro atoms. The number of methoxy groups -OCH3 is 1. The summed E-state index contributed by atoms with van der Waals surface area (Å²) < 4.78 is 5.01. The standard InChI is InChI=1S/C9H20N2O2/c1-5-8(9(10)12)11(3)7(2)6-13-4/h7-8H,5-6H2,1-4H3,(H2,10,12). The minimum Gasteiger partial charge on any atom is -0.383 e. The summed E-state index contributed by atoms with van der Waals surface area (Å²) >= 11 is 0. The Kier molecular flexibility index (Phi) is 5.66. The fraction of sp³-hybridized carbons (Fsp3) is 0.889. The Balaban J connectivity index is 4.18. The highest BCUT2D eigenvalue weighted by Gasteiger charge is 2.22. The highest BCUT2D eigenvalue weighted by Crippen LogP contribution is 2.06. The summed E-state index contributed by atoms with van der Waals surface area (Å²) in [7, 11) is 3.54. The monoisotopic (exact) mass is 188 g/mol. The zero-order valence-corrected chi connectivity index (χ0v) is 8.91. The van der Waals surface area contributed by atoms with Gasteiger partial charge in [-0.25, -0.2) is 0 Å². The Hall–Kier alpha value is -0.610. The van der Waals surface area contributed by atoms with Crippen LogP contribution in [0.2, 0.25) is 0 Å². The summed E-state index contributed by atoms with van der Waals surface area (Å²) in [5, 5.41) is 0. The van der Waals surface area contributed by atoms with Gasteiger partial charge < -0.3 is 10.5 Å². The summed E-state index contributed by atoms with van der Waals surface area (Å²) in [6.07, 6.45) is 0.736. The predicted octanol–water partition coefficient (Wildman–Crippen LogP) is 0.217. The van der Waals surface area contributed by atoms with E-state index in [2.05, 4.69) is 0 Å². The van der Waals surface area contributed by atoms with Crippen LogP contribution in [0.3, 0.4) is 0 Å². The Bertz CT molecular complexity index is 162. The number of nitrogens with two attached hydrogens (primary N) is 1. The van der Waals surface area contributed by atoms with E-state index >= 15 is 0 Å². The van der Waals surface area contributed by atoms with Crippen molar-refractivity contribution in [3.63, 3.8) is 0 Å². The third kappa shape index (κ3) is 3.74. The fourth-order valence-electron chi connectivity index (χ4n) is 1.36. The fourth-order valence-corrected chi connectivity index (χ4v) is 1.36. The Labute approximate surface area is 80.0 Å². The maximum atomic E-state index is 11.0. The highest BCUT2D eigenvalue weighted by molar-refractivity contribution is 5.79. The van der Waals surface area contributed by atoms with E-state index in [4.69, 9.17) is 10.5 Å². The van der Waals surface area contributed by atoms with Crippen molar-refractivity contribution in [1.29, 1.82) is 0 Å². The van der Waals surface area contributed by atoms with Gasteiger partial charge in [-0.2, -0.15) is 0 Å². The van der Waals surface area contributed by atoms with E-state index in [1.54, 1.807) is 7.11 Å². The average molecular weight is 188 g/mol. The van der Waals surface area contributed by atoms with Gasteiger partial charge in [0.15, 0.2) is 0 Å². The third-order valence-electron chi connectivity index (χ3n) is 2.31. The topological polar surface area (TPSA) is 55.6 Å². The number of hydrogen-bond donors (Lipinski definition) is 1. The van der Waals surface area contributed by atoms with Crippen LogP contribution in [-0.4, -0.2) is 43.7 Å². The van der Waals surface area contributed by atoms with Crippen molar-refractivity contribution in [3.8, 4) is 0 Å². The first kappa shape index (κ1) is 12.4. The van der Waals surface area contributed by atoms with Crippen molar-refractivity contribution in [1.82, 2.24) is 4.90 Å². The summed E-state index contributed by atoms with van der Waals surface area (Å²) in [5.41, 5.74) is 5.26. The minimum atomic E-state index is -0.270. The van der Waals surface area contributed by atoms with Crippen molar-refractivity contribution in [2.24, 2.45) is 5.73 Å². The molecule has 0 bridgehead atoms. The molecule has 0 saturated carbocycles. The second-order valence-corrected chi connectivity index (χ2v) is 3.30. The predicted molar refractivity (Wildman–Crippen MR) is 52.4 cm³/mol. The molecule has 4 nitrogen and oxygen atoms in total. The molecule has 0 aliphatic rings. The van der Waals surface area contributed by atoms with Gasteiger partial charge in [0.1, 0.15) is 0 Å². The second kappa shape index (κ2) is 5.94. The van der Waals surface area contributed by atoms with E-state index in [9.17, 15) is 4.79 Å². The van der Waals surface area contributed by atoms with Crippen molar-refractivity contribution < 1.29 is 9.53 Å². The van der Waals surface area contributed by atoms with Crippen LogP contribution in [0, 0.1) is 0 Å². The van der Waals surface area contributed by atoms with Gasteiger partial charge in [0.05, 0.1) is 12.6 Å². The van der Waals surface area contributed by atoms with Gasteiger partial charge in [0.2, 0.25) is 5.91 Å². The lowest BCUT2D eigenvalue weighted by Gasteiger charge is -2.29. The van der Waals surface area contributed by atoms with Gasteiger partial charge >= 0.3 is 0 Å². The van der Waals surface area contributed by atoms with E-state index in [1.165, 1.54) is 0 Å². The van der Waals surface area contributed by atoms with Gasteiger partial charge in [0.25, 0.3) is 0 Å². The molecule has 13 heavy (non-hydrogen) atoms.